The van der Waals surface area contributed by atoms with Crippen LogP contribution >= 0.6 is 0 Å². The van der Waals surface area contributed by atoms with Gasteiger partial charge in [-0.2, -0.15) is 0 Å². The molecular formula is C14H27N3O2. The summed E-state index contributed by atoms with van der Waals surface area (Å²) in [6, 6.07) is 0.552. The molecule has 0 aliphatic carbocycles. The number of nitrogens with zero attached hydrogens (tertiary/aromatic N) is 3. The Morgan fingerprint density at radius 3 is 2.53 bits per heavy atom. The zero-order valence-electron chi connectivity index (χ0n) is 12.5. The number of amides is 1. The second-order valence-electron chi connectivity index (χ2n) is 5.98. The zero-order chi connectivity index (χ0) is 13.8. The fraction of sp³-hybridized carbons (Fsp3) is 0.929. The summed E-state index contributed by atoms with van der Waals surface area (Å²) >= 11 is 0. The highest BCUT2D eigenvalue weighted by atomic mass is 16.5. The van der Waals surface area contributed by atoms with Crippen LogP contribution in [0.3, 0.4) is 0 Å². The highest BCUT2D eigenvalue weighted by Gasteiger charge is 2.31. The summed E-state index contributed by atoms with van der Waals surface area (Å²) in [6.07, 6.45) is 1.23. The molecule has 2 aliphatic heterocycles. The molecule has 2 fully saturated rings. The molecule has 5 heteroatoms. The van der Waals surface area contributed by atoms with Gasteiger partial charge in [-0.05, 0) is 27.3 Å². The van der Waals surface area contributed by atoms with Crippen LogP contribution in [-0.4, -0.2) is 85.7 Å². The molecule has 2 heterocycles. The van der Waals surface area contributed by atoms with Gasteiger partial charge in [0.05, 0.1) is 6.10 Å². The average Bonchev–Trinajstić information content (AvgIpc) is 2.86. The predicted octanol–water partition coefficient (Wildman–Crippen LogP) is 0.260. The molecule has 2 rings (SSSR count). The van der Waals surface area contributed by atoms with E-state index in [2.05, 4.69) is 16.8 Å². The monoisotopic (exact) mass is 269 g/mol. The van der Waals surface area contributed by atoms with Crippen LogP contribution < -0.4 is 0 Å². The van der Waals surface area contributed by atoms with Crippen LogP contribution in [0.25, 0.3) is 0 Å². The number of carbonyl (C=O) groups excluding carboxylic acids is 1. The van der Waals surface area contributed by atoms with E-state index >= 15 is 0 Å². The van der Waals surface area contributed by atoms with Crippen molar-refractivity contribution in [2.24, 2.45) is 0 Å². The van der Waals surface area contributed by atoms with Crippen molar-refractivity contribution in [3.05, 3.63) is 0 Å². The number of likely N-dealkylation sites (N-methyl/N-ethyl adjacent to an activating group) is 1. The molecule has 0 N–H and O–H groups in total. The van der Waals surface area contributed by atoms with Gasteiger partial charge in [-0.3, -0.25) is 9.69 Å². The van der Waals surface area contributed by atoms with Gasteiger partial charge in [0, 0.05) is 45.3 Å². The van der Waals surface area contributed by atoms with E-state index in [4.69, 9.17) is 4.74 Å². The number of likely N-dealkylation sites (tertiary alicyclic amines) is 1. The fourth-order valence-corrected chi connectivity index (χ4v) is 2.78. The minimum absolute atomic E-state index is 0.125. The van der Waals surface area contributed by atoms with Gasteiger partial charge < -0.3 is 14.5 Å². The zero-order valence-corrected chi connectivity index (χ0v) is 12.5. The molecule has 5 nitrogen and oxygen atoms in total. The number of carbonyl (C=O) groups is 1. The summed E-state index contributed by atoms with van der Waals surface area (Å²) in [4.78, 5) is 18.9. The summed E-state index contributed by atoms with van der Waals surface area (Å²) in [6.45, 7) is 10.5. The van der Waals surface area contributed by atoms with Gasteiger partial charge in [0.2, 0.25) is 5.91 Å². The summed E-state index contributed by atoms with van der Waals surface area (Å²) in [5.41, 5.74) is 0. The van der Waals surface area contributed by atoms with E-state index in [1.54, 1.807) is 0 Å². The smallest absolute Gasteiger partial charge is 0.248 e. The summed E-state index contributed by atoms with van der Waals surface area (Å²) in [5.74, 6) is 0.144. The second kappa shape index (κ2) is 6.68. The summed E-state index contributed by atoms with van der Waals surface area (Å²) in [7, 11) is 2.17. The summed E-state index contributed by atoms with van der Waals surface area (Å²) < 4.78 is 5.40. The Bertz CT molecular complexity index is 301. The third-order valence-electron chi connectivity index (χ3n) is 4.11. The Morgan fingerprint density at radius 2 is 1.89 bits per heavy atom. The standard InChI is InChI=1S/C14H27N3O2/c1-12(2)19-11-14(18)17-5-4-13(10-17)16-8-6-15(3)7-9-16/h12-13H,4-11H2,1-3H3. The molecule has 110 valence electrons. The van der Waals surface area contributed by atoms with Crippen molar-refractivity contribution in [1.82, 2.24) is 14.7 Å². The molecule has 0 saturated carbocycles. The lowest BCUT2D eigenvalue weighted by Crippen LogP contribution is -2.50. The molecule has 1 amide bonds. The van der Waals surface area contributed by atoms with Gasteiger partial charge in [0.25, 0.3) is 0 Å². The van der Waals surface area contributed by atoms with Crippen molar-refractivity contribution in [3.8, 4) is 0 Å². The van der Waals surface area contributed by atoms with Crippen molar-refractivity contribution in [2.45, 2.75) is 32.4 Å². The van der Waals surface area contributed by atoms with Crippen molar-refractivity contribution >= 4 is 5.91 Å². The molecule has 0 aromatic heterocycles. The molecule has 2 aliphatic rings. The van der Waals surface area contributed by atoms with Crippen molar-refractivity contribution in [2.75, 3.05) is 52.9 Å². The number of piperazine rings is 1. The minimum Gasteiger partial charge on any atom is -0.369 e. The number of hydrogen-bond acceptors (Lipinski definition) is 4. The average molecular weight is 269 g/mol. The first-order chi connectivity index (χ1) is 9.06. The summed E-state index contributed by atoms with van der Waals surface area (Å²) in [5, 5.41) is 0. The molecule has 19 heavy (non-hydrogen) atoms. The lowest BCUT2D eigenvalue weighted by atomic mass is 10.2. The topological polar surface area (TPSA) is 36.0 Å². The maximum absolute atomic E-state index is 12.0. The van der Waals surface area contributed by atoms with Crippen LogP contribution in [-0.2, 0) is 9.53 Å². The normalized spacial score (nSPS) is 26.3. The third kappa shape index (κ3) is 4.16. The molecule has 2 saturated heterocycles. The molecule has 0 aromatic rings. The third-order valence-corrected chi connectivity index (χ3v) is 4.11. The van der Waals surface area contributed by atoms with E-state index in [0.29, 0.717) is 6.04 Å². The fourth-order valence-electron chi connectivity index (χ4n) is 2.78. The van der Waals surface area contributed by atoms with Crippen LogP contribution in [0.5, 0.6) is 0 Å². The van der Waals surface area contributed by atoms with Gasteiger partial charge in [-0.1, -0.05) is 0 Å². The quantitative estimate of drug-likeness (QED) is 0.733. The molecule has 1 atom stereocenters. The van der Waals surface area contributed by atoms with Crippen molar-refractivity contribution in [3.63, 3.8) is 0 Å². The minimum atomic E-state index is 0.125. The largest absolute Gasteiger partial charge is 0.369 e. The van der Waals surface area contributed by atoms with Crippen LogP contribution in [0, 0.1) is 0 Å². The van der Waals surface area contributed by atoms with Crippen LogP contribution in [0.1, 0.15) is 20.3 Å². The lowest BCUT2D eigenvalue weighted by Gasteiger charge is -2.36. The first-order valence-corrected chi connectivity index (χ1v) is 7.38. The Labute approximate surface area is 116 Å². The lowest BCUT2D eigenvalue weighted by molar-refractivity contribution is -0.136. The van der Waals surface area contributed by atoms with Gasteiger partial charge in [0.15, 0.2) is 0 Å². The van der Waals surface area contributed by atoms with Gasteiger partial charge >= 0.3 is 0 Å². The number of hydrogen-bond donors (Lipinski definition) is 0. The molecular weight excluding hydrogens is 242 g/mol. The van der Waals surface area contributed by atoms with Gasteiger partial charge in [-0.15, -0.1) is 0 Å². The van der Waals surface area contributed by atoms with Crippen LogP contribution in [0.4, 0.5) is 0 Å². The Balaban J connectivity index is 1.75. The van der Waals surface area contributed by atoms with E-state index in [1.807, 2.05) is 18.7 Å². The molecule has 0 bridgehead atoms. The van der Waals surface area contributed by atoms with Crippen LogP contribution in [0.2, 0.25) is 0 Å². The Morgan fingerprint density at radius 1 is 1.21 bits per heavy atom. The highest BCUT2D eigenvalue weighted by molar-refractivity contribution is 5.77. The maximum Gasteiger partial charge on any atom is 0.248 e. The SMILES string of the molecule is CC(C)OCC(=O)N1CCC(N2CCN(C)CC2)C1. The Hall–Kier alpha value is -0.650. The second-order valence-corrected chi connectivity index (χ2v) is 5.98. The molecule has 1 unspecified atom stereocenters. The van der Waals surface area contributed by atoms with Gasteiger partial charge in [0.1, 0.15) is 6.61 Å². The predicted molar refractivity (Wildman–Crippen MR) is 75.1 cm³/mol. The molecule has 0 spiro atoms. The van der Waals surface area contributed by atoms with E-state index in [0.717, 1.165) is 45.7 Å². The molecule has 0 aromatic carbocycles. The van der Waals surface area contributed by atoms with E-state index in [-0.39, 0.29) is 18.6 Å². The van der Waals surface area contributed by atoms with Crippen molar-refractivity contribution < 1.29 is 9.53 Å². The van der Waals surface area contributed by atoms with E-state index in [1.165, 1.54) is 0 Å². The van der Waals surface area contributed by atoms with Crippen molar-refractivity contribution in [1.29, 1.82) is 0 Å². The molecule has 0 radical (unpaired) electrons. The number of ether oxygens (including phenoxy) is 1. The maximum atomic E-state index is 12.0. The Kier molecular flexibility index (Phi) is 5.19. The van der Waals surface area contributed by atoms with Gasteiger partial charge in [-0.25, -0.2) is 0 Å². The first-order valence-electron chi connectivity index (χ1n) is 7.38. The number of rotatable bonds is 4. The van der Waals surface area contributed by atoms with E-state index in [9.17, 15) is 4.79 Å². The van der Waals surface area contributed by atoms with Crippen LogP contribution in [0.15, 0.2) is 0 Å². The highest BCUT2D eigenvalue weighted by Crippen LogP contribution is 2.17. The first kappa shape index (κ1) is 14.8. The van der Waals surface area contributed by atoms with E-state index < -0.39 is 0 Å².